The van der Waals surface area contributed by atoms with Crippen molar-refractivity contribution in [1.29, 1.82) is 0 Å². The largest absolute Gasteiger partial charge is 0.383 e. The van der Waals surface area contributed by atoms with Crippen LogP contribution in [0, 0.1) is 0 Å². The van der Waals surface area contributed by atoms with Crippen molar-refractivity contribution >= 4 is 43.5 Å². The van der Waals surface area contributed by atoms with Gasteiger partial charge in [-0.05, 0) is 34.1 Å². The van der Waals surface area contributed by atoms with Gasteiger partial charge in [-0.25, -0.2) is 0 Å². The quantitative estimate of drug-likeness (QED) is 0.703. The third-order valence-corrected chi connectivity index (χ3v) is 4.36. The number of aromatic nitrogens is 3. The van der Waals surface area contributed by atoms with E-state index in [2.05, 4.69) is 42.1 Å². The molecule has 0 atom stereocenters. The molecule has 0 aliphatic carbocycles. The molecule has 2 aromatic rings. The summed E-state index contributed by atoms with van der Waals surface area (Å²) in [4.78, 5) is 0. The Bertz CT molecular complexity index is 574. The normalized spacial score (nSPS) is 10.9. The van der Waals surface area contributed by atoms with Gasteiger partial charge in [-0.1, -0.05) is 27.5 Å². The summed E-state index contributed by atoms with van der Waals surface area (Å²) in [7, 11) is 1.68. The molecule has 1 heterocycles. The van der Waals surface area contributed by atoms with Gasteiger partial charge in [0.2, 0.25) is 0 Å². The number of ether oxygens (including phenoxy) is 1. The SMILES string of the molecule is COCCn1c(CBr)nnc1-c1ccc(Cl)c(Br)c1. The lowest BCUT2D eigenvalue weighted by Crippen LogP contribution is -2.09. The van der Waals surface area contributed by atoms with Gasteiger partial charge in [-0.15, -0.1) is 10.2 Å². The molecule has 0 amide bonds. The maximum atomic E-state index is 6.01. The smallest absolute Gasteiger partial charge is 0.164 e. The second-order valence-corrected chi connectivity index (χ2v) is 5.67. The first-order valence-corrected chi connectivity index (χ1v) is 7.89. The number of methoxy groups -OCH3 is 1. The van der Waals surface area contributed by atoms with E-state index >= 15 is 0 Å². The van der Waals surface area contributed by atoms with E-state index in [1.165, 1.54) is 0 Å². The Labute approximate surface area is 133 Å². The lowest BCUT2D eigenvalue weighted by Gasteiger charge is -2.09. The zero-order valence-corrected chi connectivity index (χ0v) is 14.2. The number of halogens is 3. The maximum absolute atomic E-state index is 6.01. The Hall–Kier alpha value is -0.430. The monoisotopic (exact) mass is 407 g/mol. The summed E-state index contributed by atoms with van der Waals surface area (Å²) in [5.41, 5.74) is 0.965. The van der Waals surface area contributed by atoms with E-state index in [0.29, 0.717) is 23.5 Å². The van der Waals surface area contributed by atoms with Crippen molar-refractivity contribution in [3.8, 4) is 11.4 Å². The van der Waals surface area contributed by atoms with Crippen LogP contribution < -0.4 is 0 Å². The van der Waals surface area contributed by atoms with Gasteiger partial charge in [0.05, 0.1) is 17.0 Å². The summed E-state index contributed by atoms with van der Waals surface area (Å²) < 4.78 is 8.00. The summed E-state index contributed by atoms with van der Waals surface area (Å²) in [5, 5.41) is 9.75. The van der Waals surface area contributed by atoms with E-state index in [0.717, 1.165) is 21.7 Å². The number of benzene rings is 1. The molecule has 0 spiro atoms. The first-order chi connectivity index (χ1) is 9.17. The average molecular weight is 410 g/mol. The summed E-state index contributed by atoms with van der Waals surface area (Å²) >= 11 is 12.8. The van der Waals surface area contributed by atoms with Crippen molar-refractivity contribution < 1.29 is 4.74 Å². The minimum Gasteiger partial charge on any atom is -0.383 e. The molecule has 0 bridgehead atoms. The predicted molar refractivity (Wildman–Crippen MR) is 82.7 cm³/mol. The maximum Gasteiger partial charge on any atom is 0.164 e. The van der Waals surface area contributed by atoms with Crippen LogP contribution in [-0.2, 0) is 16.6 Å². The van der Waals surface area contributed by atoms with Crippen molar-refractivity contribution in [3.63, 3.8) is 0 Å². The molecule has 0 radical (unpaired) electrons. The highest BCUT2D eigenvalue weighted by Crippen LogP contribution is 2.28. The number of nitrogens with zero attached hydrogens (tertiary/aromatic N) is 3. The fourth-order valence-electron chi connectivity index (χ4n) is 1.70. The minimum atomic E-state index is 0.611. The second kappa shape index (κ2) is 6.83. The Morgan fingerprint density at radius 3 is 2.79 bits per heavy atom. The van der Waals surface area contributed by atoms with Crippen LogP contribution in [0.4, 0.5) is 0 Å². The Kier molecular flexibility index (Phi) is 5.38. The summed E-state index contributed by atoms with van der Waals surface area (Å²) in [6.07, 6.45) is 0. The van der Waals surface area contributed by atoms with Crippen molar-refractivity contribution in [2.75, 3.05) is 13.7 Å². The fraction of sp³-hybridized carbons (Fsp3) is 0.333. The van der Waals surface area contributed by atoms with Crippen molar-refractivity contribution in [3.05, 3.63) is 33.5 Å². The van der Waals surface area contributed by atoms with Crippen LogP contribution in [0.25, 0.3) is 11.4 Å². The highest BCUT2D eigenvalue weighted by Gasteiger charge is 2.13. The van der Waals surface area contributed by atoms with E-state index < -0.39 is 0 Å². The molecule has 102 valence electrons. The van der Waals surface area contributed by atoms with Gasteiger partial charge < -0.3 is 9.30 Å². The van der Waals surface area contributed by atoms with Crippen LogP contribution in [0.15, 0.2) is 22.7 Å². The van der Waals surface area contributed by atoms with Crippen LogP contribution in [0.1, 0.15) is 5.82 Å². The van der Waals surface area contributed by atoms with Crippen molar-refractivity contribution in [2.45, 2.75) is 11.9 Å². The first kappa shape index (κ1) is 15.0. The lowest BCUT2D eigenvalue weighted by atomic mass is 10.2. The fourth-order valence-corrected chi connectivity index (χ4v) is 2.61. The van der Waals surface area contributed by atoms with E-state index in [4.69, 9.17) is 16.3 Å². The zero-order chi connectivity index (χ0) is 13.8. The molecule has 7 heteroatoms. The molecule has 1 aromatic heterocycles. The van der Waals surface area contributed by atoms with Crippen molar-refractivity contribution in [1.82, 2.24) is 14.8 Å². The van der Waals surface area contributed by atoms with Crippen LogP contribution in [0.2, 0.25) is 5.02 Å². The molecule has 0 saturated heterocycles. The van der Waals surface area contributed by atoms with E-state index in [9.17, 15) is 0 Å². The van der Waals surface area contributed by atoms with Gasteiger partial charge in [-0.3, -0.25) is 0 Å². The van der Waals surface area contributed by atoms with Crippen LogP contribution in [-0.4, -0.2) is 28.5 Å². The third kappa shape index (κ3) is 3.37. The molecular formula is C12H12Br2ClN3O. The zero-order valence-electron chi connectivity index (χ0n) is 10.2. The average Bonchev–Trinajstić information content (AvgIpc) is 2.82. The van der Waals surface area contributed by atoms with Gasteiger partial charge in [0.25, 0.3) is 0 Å². The molecule has 0 unspecified atom stereocenters. The van der Waals surface area contributed by atoms with Gasteiger partial charge in [0.15, 0.2) is 5.82 Å². The molecule has 0 aliphatic rings. The molecule has 2 rings (SSSR count). The summed E-state index contributed by atoms with van der Waals surface area (Å²) in [6.45, 7) is 1.32. The number of alkyl halides is 1. The Balaban J connectivity index is 2.42. The Morgan fingerprint density at radius 1 is 1.37 bits per heavy atom. The van der Waals surface area contributed by atoms with Crippen molar-refractivity contribution in [2.24, 2.45) is 0 Å². The van der Waals surface area contributed by atoms with Crippen LogP contribution in [0.3, 0.4) is 0 Å². The Morgan fingerprint density at radius 2 is 2.16 bits per heavy atom. The molecule has 19 heavy (non-hydrogen) atoms. The standard InChI is InChI=1S/C12H12Br2ClN3O/c1-19-5-4-18-11(7-13)16-17-12(18)8-2-3-10(15)9(14)6-8/h2-3,6H,4-5,7H2,1H3. The summed E-state index contributed by atoms with van der Waals surface area (Å²) in [6, 6.07) is 5.70. The first-order valence-electron chi connectivity index (χ1n) is 5.59. The lowest BCUT2D eigenvalue weighted by molar-refractivity contribution is 0.187. The van der Waals surface area contributed by atoms with Crippen LogP contribution >= 0.6 is 43.5 Å². The molecule has 4 nitrogen and oxygen atoms in total. The van der Waals surface area contributed by atoms with Gasteiger partial charge in [-0.2, -0.15) is 0 Å². The number of hydrogen-bond acceptors (Lipinski definition) is 3. The minimum absolute atomic E-state index is 0.611. The predicted octanol–water partition coefficient (Wildman–Crippen LogP) is 3.90. The summed E-state index contributed by atoms with van der Waals surface area (Å²) in [5.74, 6) is 1.68. The topological polar surface area (TPSA) is 39.9 Å². The van der Waals surface area contributed by atoms with Gasteiger partial charge in [0.1, 0.15) is 5.82 Å². The molecule has 1 aromatic carbocycles. The highest BCUT2D eigenvalue weighted by atomic mass is 79.9. The second-order valence-electron chi connectivity index (χ2n) is 3.85. The molecular weight excluding hydrogens is 397 g/mol. The van der Waals surface area contributed by atoms with Crippen LogP contribution in [0.5, 0.6) is 0 Å². The van der Waals surface area contributed by atoms with Gasteiger partial charge >= 0.3 is 0 Å². The molecule has 0 aliphatic heterocycles. The third-order valence-electron chi connectivity index (χ3n) is 2.64. The highest BCUT2D eigenvalue weighted by molar-refractivity contribution is 9.10. The number of hydrogen-bond donors (Lipinski definition) is 0. The van der Waals surface area contributed by atoms with Gasteiger partial charge in [0, 0.05) is 23.7 Å². The molecule has 0 N–H and O–H groups in total. The number of rotatable bonds is 5. The molecule has 0 saturated carbocycles. The van der Waals surface area contributed by atoms with E-state index in [1.54, 1.807) is 7.11 Å². The van der Waals surface area contributed by atoms with E-state index in [-0.39, 0.29) is 0 Å². The molecule has 0 fully saturated rings. The van der Waals surface area contributed by atoms with E-state index in [1.807, 2.05) is 22.8 Å².